The van der Waals surface area contributed by atoms with Gasteiger partial charge in [0.2, 0.25) is 11.6 Å². The number of carbonyl (C=O) groups is 1. The first-order valence-electron chi connectivity index (χ1n) is 9.47. The van der Waals surface area contributed by atoms with Crippen LogP contribution in [0.3, 0.4) is 0 Å². The Kier molecular flexibility index (Phi) is 5.74. The topological polar surface area (TPSA) is 167 Å². The van der Waals surface area contributed by atoms with E-state index in [0.717, 1.165) is 0 Å². The van der Waals surface area contributed by atoms with Crippen molar-refractivity contribution in [2.75, 3.05) is 12.3 Å². The fourth-order valence-electron chi connectivity index (χ4n) is 2.87. The second-order valence-electron chi connectivity index (χ2n) is 6.39. The number of anilines is 1. The van der Waals surface area contributed by atoms with Gasteiger partial charge < -0.3 is 15.6 Å². The molecule has 4 aromatic rings. The van der Waals surface area contributed by atoms with Crippen LogP contribution in [0.25, 0.3) is 17.1 Å². The van der Waals surface area contributed by atoms with Crippen molar-refractivity contribution in [3.8, 4) is 28.6 Å². The van der Waals surface area contributed by atoms with E-state index >= 15 is 0 Å². The number of phenols is 1. The average molecular weight is 434 g/mol. The van der Waals surface area contributed by atoms with Crippen LogP contribution in [0.4, 0.5) is 5.82 Å². The number of nitrogens with zero attached hydrogens (tertiary/aromatic N) is 6. The number of carbonyl (C=O) groups excluding carboxylic acids is 1. The lowest BCUT2D eigenvalue weighted by atomic mass is 10.1. The number of nitrogen functional groups attached to an aromatic ring is 1. The van der Waals surface area contributed by atoms with Gasteiger partial charge in [-0.2, -0.15) is 9.78 Å². The largest absolute Gasteiger partial charge is 0.507 e. The Balaban J connectivity index is 1.69. The highest BCUT2D eigenvalue weighted by molar-refractivity contribution is 5.99. The van der Waals surface area contributed by atoms with Crippen LogP contribution >= 0.6 is 0 Å². The van der Waals surface area contributed by atoms with E-state index < -0.39 is 5.91 Å². The van der Waals surface area contributed by atoms with Gasteiger partial charge in [-0.15, -0.1) is 5.10 Å². The van der Waals surface area contributed by atoms with Crippen molar-refractivity contribution in [3.63, 3.8) is 0 Å². The summed E-state index contributed by atoms with van der Waals surface area (Å²) in [7, 11) is 0. The van der Waals surface area contributed by atoms with Crippen molar-refractivity contribution in [1.29, 1.82) is 0 Å². The van der Waals surface area contributed by atoms with Crippen LogP contribution in [0.5, 0.6) is 11.5 Å². The van der Waals surface area contributed by atoms with Crippen LogP contribution in [0.2, 0.25) is 0 Å². The van der Waals surface area contributed by atoms with Gasteiger partial charge in [-0.1, -0.05) is 17.3 Å². The standard InChI is InChI=1S/C20H18N8O4/c1-2-31-14-9-7-12(8-10-14)17-16(23-27-28(17)19-18(21)25-32-26-19)20(30)24-22-11-13-5-3-4-6-15(13)29/h3-11,29H,2H2,1H3,(H2,21,25)(H,24,30). The number of ether oxygens (including phenoxy) is 1. The van der Waals surface area contributed by atoms with Gasteiger partial charge in [0, 0.05) is 11.1 Å². The number of aromatic nitrogens is 5. The van der Waals surface area contributed by atoms with Gasteiger partial charge in [-0.05, 0) is 53.6 Å². The van der Waals surface area contributed by atoms with Gasteiger partial charge in [0.25, 0.3) is 5.91 Å². The molecule has 0 bridgehead atoms. The quantitative estimate of drug-likeness (QED) is 0.290. The SMILES string of the molecule is CCOc1ccc(-c2c(C(=O)NN=Cc3ccccc3O)nnn2-c2nonc2N)cc1. The molecule has 162 valence electrons. The summed E-state index contributed by atoms with van der Waals surface area (Å²) in [6.45, 7) is 2.40. The zero-order valence-corrected chi connectivity index (χ0v) is 16.8. The van der Waals surface area contributed by atoms with Crippen molar-refractivity contribution in [3.05, 3.63) is 59.8 Å². The van der Waals surface area contributed by atoms with Crippen LogP contribution in [-0.4, -0.2) is 49.1 Å². The first kappa shape index (κ1) is 20.5. The van der Waals surface area contributed by atoms with Gasteiger partial charge in [0.05, 0.1) is 12.8 Å². The molecule has 0 saturated heterocycles. The number of aromatic hydroxyl groups is 1. The lowest BCUT2D eigenvalue weighted by Gasteiger charge is -2.07. The number of hydrogen-bond acceptors (Lipinski definition) is 10. The minimum atomic E-state index is -0.637. The highest BCUT2D eigenvalue weighted by Crippen LogP contribution is 2.28. The first-order valence-corrected chi connectivity index (χ1v) is 9.47. The summed E-state index contributed by atoms with van der Waals surface area (Å²) >= 11 is 0. The Morgan fingerprint density at radius 2 is 2.03 bits per heavy atom. The highest BCUT2D eigenvalue weighted by atomic mass is 16.6. The van der Waals surface area contributed by atoms with Crippen LogP contribution in [0.15, 0.2) is 58.3 Å². The minimum Gasteiger partial charge on any atom is -0.507 e. The number of amides is 1. The number of hydrazone groups is 1. The molecule has 0 fully saturated rings. The molecule has 0 atom stereocenters. The number of nitrogens with one attached hydrogen (secondary N) is 1. The molecule has 2 aromatic heterocycles. The molecule has 12 nitrogen and oxygen atoms in total. The van der Waals surface area contributed by atoms with E-state index in [4.69, 9.17) is 10.5 Å². The average Bonchev–Trinajstić information content (AvgIpc) is 3.42. The number of rotatable bonds is 7. The lowest BCUT2D eigenvalue weighted by Crippen LogP contribution is -2.19. The molecule has 0 unspecified atom stereocenters. The number of para-hydroxylation sites is 1. The molecule has 0 saturated carbocycles. The van der Waals surface area contributed by atoms with Gasteiger partial charge in [-0.3, -0.25) is 4.79 Å². The van der Waals surface area contributed by atoms with Crippen molar-refractivity contribution in [1.82, 2.24) is 30.7 Å². The van der Waals surface area contributed by atoms with E-state index in [0.29, 0.717) is 29.2 Å². The van der Waals surface area contributed by atoms with E-state index in [-0.39, 0.29) is 23.1 Å². The number of phenolic OH excluding ortho intramolecular Hbond substituents is 1. The molecule has 1 amide bonds. The molecule has 4 rings (SSSR count). The molecule has 0 aliphatic carbocycles. The Hall–Kier alpha value is -4.74. The third-order valence-electron chi connectivity index (χ3n) is 4.33. The molecule has 0 radical (unpaired) electrons. The third kappa shape index (κ3) is 4.09. The maximum atomic E-state index is 12.8. The first-order chi connectivity index (χ1) is 15.6. The summed E-state index contributed by atoms with van der Waals surface area (Å²) in [5.74, 6) is 0.114. The molecule has 0 aliphatic rings. The Labute approximate surface area is 181 Å². The van der Waals surface area contributed by atoms with Gasteiger partial charge >= 0.3 is 0 Å². The van der Waals surface area contributed by atoms with Crippen molar-refractivity contribution in [2.24, 2.45) is 5.10 Å². The van der Waals surface area contributed by atoms with Crippen LogP contribution in [-0.2, 0) is 0 Å². The monoisotopic (exact) mass is 434 g/mol. The summed E-state index contributed by atoms with van der Waals surface area (Å²) in [6, 6.07) is 13.5. The third-order valence-corrected chi connectivity index (χ3v) is 4.33. The Morgan fingerprint density at radius 3 is 2.72 bits per heavy atom. The Bertz CT molecular complexity index is 1260. The molecule has 2 heterocycles. The summed E-state index contributed by atoms with van der Waals surface area (Å²) in [6.07, 6.45) is 1.31. The predicted octanol–water partition coefficient (Wildman–Crippen LogP) is 1.77. The molecule has 0 spiro atoms. The fourth-order valence-corrected chi connectivity index (χ4v) is 2.87. The van der Waals surface area contributed by atoms with E-state index in [1.165, 1.54) is 17.0 Å². The second kappa shape index (κ2) is 8.95. The van der Waals surface area contributed by atoms with Crippen molar-refractivity contribution in [2.45, 2.75) is 6.92 Å². The van der Waals surface area contributed by atoms with Gasteiger partial charge in [0.1, 0.15) is 17.2 Å². The van der Waals surface area contributed by atoms with Gasteiger partial charge in [-0.25, -0.2) is 10.1 Å². The summed E-state index contributed by atoms with van der Waals surface area (Å²) in [5.41, 5.74) is 9.47. The van der Waals surface area contributed by atoms with Crippen molar-refractivity contribution < 1.29 is 19.3 Å². The van der Waals surface area contributed by atoms with E-state index in [9.17, 15) is 9.90 Å². The molecular formula is C20H18N8O4. The van der Waals surface area contributed by atoms with E-state index in [1.807, 2.05) is 6.92 Å². The Morgan fingerprint density at radius 1 is 1.25 bits per heavy atom. The smallest absolute Gasteiger partial charge is 0.294 e. The van der Waals surface area contributed by atoms with Gasteiger partial charge in [0.15, 0.2) is 5.69 Å². The minimum absolute atomic E-state index is 0.0216. The summed E-state index contributed by atoms with van der Waals surface area (Å²) in [4.78, 5) is 12.8. The summed E-state index contributed by atoms with van der Waals surface area (Å²) < 4.78 is 11.4. The fraction of sp³-hybridized carbons (Fsp3) is 0.100. The number of benzene rings is 2. The van der Waals surface area contributed by atoms with E-state index in [2.05, 4.69) is 35.8 Å². The molecule has 4 N–H and O–H groups in total. The molecular weight excluding hydrogens is 416 g/mol. The lowest BCUT2D eigenvalue weighted by molar-refractivity contribution is 0.0950. The zero-order valence-electron chi connectivity index (χ0n) is 16.8. The van der Waals surface area contributed by atoms with Crippen molar-refractivity contribution >= 4 is 17.9 Å². The molecule has 12 heteroatoms. The van der Waals surface area contributed by atoms with E-state index in [1.54, 1.807) is 42.5 Å². The summed E-state index contributed by atoms with van der Waals surface area (Å²) in [5, 5.41) is 29.0. The van der Waals surface area contributed by atoms with Crippen LogP contribution in [0, 0.1) is 0 Å². The van der Waals surface area contributed by atoms with Crippen LogP contribution in [0.1, 0.15) is 23.0 Å². The number of nitrogens with two attached hydrogens (primary N) is 1. The highest BCUT2D eigenvalue weighted by Gasteiger charge is 2.25. The maximum absolute atomic E-state index is 12.8. The maximum Gasteiger partial charge on any atom is 0.294 e. The predicted molar refractivity (Wildman–Crippen MR) is 113 cm³/mol. The molecule has 32 heavy (non-hydrogen) atoms. The van der Waals surface area contributed by atoms with Crippen LogP contribution < -0.4 is 15.9 Å². The normalized spacial score (nSPS) is 11.0. The zero-order chi connectivity index (χ0) is 22.5. The number of hydrogen-bond donors (Lipinski definition) is 3. The second-order valence-corrected chi connectivity index (χ2v) is 6.39. The molecule has 2 aromatic carbocycles. The molecule has 0 aliphatic heterocycles.